The van der Waals surface area contributed by atoms with E-state index < -0.39 is 12.0 Å². The number of hydrogen-bond donors (Lipinski definition) is 2. The second kappa shape index (κ2) is 6.58. The molecule has 3 N–H and O–H groups in total. The molecule has 0 aromatic heterocycles. The first-order valence-electron chi connectivity index (χ1n) is 6.70. The van der Waals surface area contributed by atoms with Gasteiger partial charge in [0.25, 0.3) is 0 Å². The van der Waals surface area contributed by atoms with Crippen molar-refractivity contribution in [2.45, 2.75) is 6.04 Å². The summed E-state index contributed by atoms with van der Waals surface area (Å²) in [6.45, 7) is 3.76. The first-order chi connectivity index (χ1) is 9.60. The lowest BCUT2D eigenvalue weighted by molar-refractivity contribution is -0.139. The standard InChI is InChI=1S/C14H21N3O3/c1-20-12-4-2-3-11(9-12)17-7-5-16(6-8-17)10-13(15)14(18)19/h2-4,9,13H,5-8,10,15H2,1H3,(H,18,19). The van der Waals surface area contributed by atoms with Crippen LogP contribution in [0.15, 0.2) is 24.3 Å². The van der Waals surface area contributed by atoms with Gasteiger partial charge in [-0.05, 0) is 12.1 Å². The van der Waals surface area contributed by atoms with Crippen LogP contribution in [0.25, 0.3) is 0 Å². The van der Waals surface area contributed by atoms with Gasteiger partial charge in [-0.3, -0.25) is 9.69 Å². The molecule has 1 aliphatic heterocycles. The molecule has 0 aliphatic carbocycles. The molecule has 0 amide bonds. The Labute approximate surface area is 118 Å². The van der Waals surface area contributed by atoms with Crippen LogP contribution in [0.2, 0.25) is 0 Å². The topological polar surface area (TPSA) is 79.0 Å². The lowest BCUT2D eigenvalue weighted by atomic mass is 10.2. The highest BCUT2D eigenvalue weighted by atomic mass is 16.5. The molecule has 1 aromatic rings. The molecule has 0 spiro atoms. The minimum Gasteiger partial charge on any atom is -0.497 e. The number of ether oxygens (including phenoxy) is 1. The third kappa shape index (κ3) is 3.61. The van der Waals surface area contributed by atoms with Crippen LogP contribution in [0.5, 0.6) is 5.75 Å². The number of benzene rings is 1. The highest BCUT2D eigenvalue weighted by Gasteiger charge is 2.21. The van der Waals surface area contributed by atoms with Crippen LogP contribution in [-0.2, 0) is 4.79 Å². The van der Waals surface area contributed by atoms with Gasteiger partial charge < -0.3 is 20.5 Å². The maximum absolute atomic E-state index is 10.8. The molecular formula is C14H21N3O3. The average Bonchev–Trinajstić information content (AvgIpc) is 2.48. The molecule has 6 nitrogen and oxygen atoms in total. The molecule has 1 atom stereocenters. The van der Waals surface area contributed by atoms with Crippen molar-refractivity contribution in [2.24, 2.45) is 5.73 Å². The van der Waals surface area contributed by atoms with Crippen molar-refractivity contribution in [1.82, 2.24) is 4.90 Å². The largest absolute Gasteiger partial charge is 0.497 e. The fraction of sp³-hybridized carbons (Fsp3) is 0.500. The minimum atomic E-state index is -0.944. The molecule has 1 aliphatic rings. The molecule has 20 heavy (non-hydrogen) atoms. The number of rotatable bonds is 5. The first kappa shape index (κ1) is 14.6. The zero-order chi connectivity index (χ0) is 14.5. The summed E-state index contributed by atoms with van der Waals surface area (Å²) in [5, 5.41) is 8.82. The Kier molecular flexibility index (Phi) is 4.81. The number of carboxylic acid groups (broad SMARTS) is 1. The Morgan fingerprint density at radius 1 is 1.40 bits per heavy atom. The van der Waals surface area contributed by atoms with Crippen molar-refractivity contribution in [3.05, 3.63) is 24.3 Å². The molecule has 1 heterocycles. The van der Waals surface area contributed by atoms with Gasteiger partial charge in [-0.2, -0.15) is 0 Å². The summed E-state index contributed by atoms with van der Waals surface area (Å²) in [7, 11) is 1.66. The van der Waals surface area contributed by atoms with Gasteiger partial charge in [0.05, 0.1) is 7.11 Å². The summed E-state index contributed by atoms with van der Waals surface area (Å²) in [5.41, 5.74) is 6.69. The van der Waals surface area contributed by atoms with E-state index in [0.29, 0.717) is 6.54 Å². The zero-order valence-electron chi connectivity index (χ0n) is 11.7. The van der Waals surface area contributed by atoms with Gasteiger partial charge in [0.15, 0.2) is 0 Å². The molecule has 1 aromatic carbocycles. The van der Waals surface area contributed by atoms with E-state index >= 15 is 0 Å². The number of aliphatic carboxylic acids is 1. The fourth-order valence-corrected chi connectivity index (χ4v) is 2.35. The number of nitrogens with zero attached hydrogens (tertiary/aromatic N) is 2. The fourth-order valence-electron chi connectivity index (χ4n) is 2.35. The normalized spacial score (nSPS) is 17.8. The maximum Gasteiger partial charge on any atom is 0.321 e. The summed E-state index contributed by atoms with van der Waals surface area (Å²) >= 11 is 0. The van der Waals surface area contributed by atoms with Crippen LogP contribution in [-0.4, -0.2) is 61.9 Å². The van der Waals surface area contributed by atoms with E-state index in [2.05, 4.69) is 15.9 Å². The molecule has 2 rings (SSSR count). The van der Waals surface area contributed by atoms with Gasteiger partial charge in [-0.1, -0.05) is 6.07 Å². The Bertz CT molecular complexity index is 459. The average molecular weight is 279 g/mol. The van der Waals surface area contributed by atoms with Crippen molar-refractivity contribution >= 4 is 11.7 Å². The molecule has 110 valence electrons. The smallest absolute Gasteiger partial charge is 0.321 e. The van der Waals surface area contributed by atoms with Crippen molar-refractivity contribution in [2.75, 3.05) is 44.7 Å². The van der Waals surface area contributed by atoms with E-state index in [1.165, 1.54) is 0 Å². The van der Waals surface area contributed by atoms with Gasteiger partial charge in [0.1, 0.15) is 11.8 Å². The molecule has 1 fully saturated rings. The Morgan fingerprint density at radius 3 is 2.70 bits per heavy atom. The minimum absolute atomic E-state index is 0.404. The molecule has 1 unspecified atom stereocenters. The quantitative estimate of drug-likeness (QED) is 0.803. The summed E-state index contributed by atoms with van der Waals surface area (Å²) in [4.78, 5) is 15.1. The van der Waals surface area contributed by atoms with Crippen molar-refractivity contribution in [1.29, 1.82) is 0 Å². The summed E-state index contributed by atoms with van der Waals surface area (Å²) in [6.07, 6.45) is 0. The molecule has 0 bridgehead atoms. The highest BCUT2D eigenvalue weighted by molar-refractivity contribution is 5.73. The number of hydrogen-bond acceptors (Lipinski definition) is 5. The van der Waals surface area contributed by atoms with Crippen LogP contribution >= 0.6 is 0 Å². The molecule has 0 saturated carbocycles. The van der Waals surface area contributed by atoms with Crippen LogP contribution in [0, 0.1) is 0 Å². The number of methoxy groups -OCH3 is 1. The number of nitrogens with two attached hydrogens (primary N) is 1. The SMILES string of the molecule is COc1cccc(N2CCN(CC(N)C(=O)O)CC2)c1. The van der Waals surface area contributed by atoms with Crippen LogP contribution in [0.1, 0.15) is 0 Å². The van der Waals surface area contributed by atoms with Crippen LogP contribution in [0.4, 0.5) is 5.69 Å². The molecule has 6 heteroatoms. The van der Waals surface area contributed by atoms with E-state index in [9.17, 15) is 4.79 Å². The van der Waals surface area contributed by atoms with E-state index in [1.807, 2.05) is 18.2 Å². The number of piperazine rings is 1. The summed E-state index contributed by atoms with van der Waals surface area (Å²) < 4.78 is 5.23. The second-order valence-corrected chi connectivity index (χ2v) is 4.93. The van der Waals surface area contributed by atoms with Crippen molar-refractivity contribution < 1.29 is 14.6 Å². The zero-order valence-corrected chi connectivity index (χ0v) is 11.7. The van der Waals surface area contributed by atoms with Crippen LogP contribution < -0.4 is 15.4 Å². The third-order valence-corrected chi connectivity index (χ3v) is 3.56. The molecule has 0 radical (unpaired) electrons. The number of anilines is 1. The van der Waals surface area contributed by atoms with E-state index in [0.717, 1.165) is 37.6 Å². The highest BCUT2D eigenvalue weighted by Crippen LogP contribution is 2.22. The van der Waals surface area contributed by atoms with Gasteiger partial charge >= 0.3 is 5.97 Å². The monoisotopic (exact) mass is 279 g/mol. The third-order valence-electron chi connectivity index (χ3n) is 3.56. The maximum atomic E-state index is 10.8. The Balaban J connectivity index is 1.89. The van der Waals surface area contributed by atoms with Crippen molar-refractivity contribution in [3.63, 3.8) is 0 Å². The van der Waals surface area contributed by atoms with Crippen LogP contribution in [0.3, 0.4) is 0 Å². The lowest BCUT2D eigenvalue weighted by Gasteiger charge is -2.36. The first-order valence-corrected chi connectivity index (χ1v) is 6.70. The number of carboxylic acids is 1. The molecular weight excluding hydrogens is 258 g/mol. The predicted molar refractivity (Wildman–Crippen MR) is 77.3 cm³/mol. The van der Waals surface area contributed by atoms with Crippen molar-refractivity contribution in [3.8, 4) is 5.75 Å². The van der Waals surface area contributed by atoms with E-state index in [-0.39, 0.29) is 0 Å². The predicted octanol–water partition coefficient (Wildman–Crippen LogP) is 0.229. The summed E-state index contributed by atoms with van der Waals surface area (Å²) in [5.74, 6) is -0.0990. The van der Waals surface area contributed by atoms with Gasteiger partial charge in [-0.25, -0.2) is 0 Å². The number of carbonyl (C=O) groups is 1. The van der Waals surface area contributed by atoms with E-state index in [4.69, 9.17) is 15.6 Å². The van der Waals surface area contributed by atoms with Gasteiger partial charge in [-0.15, -0.1) is 0 Å². The molecule has 1 saturated heterocycles. The van der Waals surface area contributed by atoms with Gasteiger partial charge in [0.2, 0.25) is 0 Å². The Morgan fingerprint density at radius 2 is 2.10 bits per heavy atom. The summed E-state index contributed by atoms with van der Waals surface area (Å²) in [6, 6.07) is 7.16. The Hall–Kier alpha value is -1.79. The van der Waals surface area contributed by atoms with Gasteiger partial charge in [0, 0.05) is 44.5 Å². The second-order valence-electron chi connectivity index (χ2n) is 4.93. The van der Waals surface area contributed by atoms with E-state index in [1.54, 1.807) is 7.11 Å². The lowest BCUT2D eigenvalue weighted by Crippen LogP contribution is -2.51.